The quantitative estimate of drug-likeness (QED) is 0.868. The maximum Gasteiger partial charge on any atom is 0.250 e. The van der Waals surface area contributed by atoms with E-state index in [-0.39, 0.29) is 12.0 Å². The SMILES string of the molecule is CNC(=O)C1CN(Cc2cccc(OCC(C)C)c2)CCO1. The average Bonchev–Trinajstić information content (AvgIpc) is 2.53. The molecule has 0 aromatic heterocycles. The van der Waals surface area contributed by atoms with Gasteiger partial charge in [-0.1, -0.05) is 26.0 Å². The van der Waals surface area contributed by atoms with Gasteiger partial charge in [-0.15, -0.1) is 0 Å². The van der Waals surface area contributed by atoms with Gasteiger partial charge in [0.1, 0.15) is 11.9 Å². The van der Waals surface area contributed by atoms with Crippen LogP contribution in [0.2, 0.25) is 0 Å². The highest BCUT2D eigenvalue weighted by Crippen LogP contribution is 2.17. The largest absolute Gasteiger partial charge is 0.493 e. The summed E-state index contributed by atoms with van der Waals surface area (Å²) in [4.78, 5) is 13.9. The molecule has 0 spiro atoms. The lowest BCUT2D eigenvalue weighted by atomic mass is 10.1. The van der Waals surface area contributed by atoms with Crippen molar-refractivity contribution in [3.05, 3.63) is 29.8 Å². The Morgan fingerprint density at radius 3 is 3.05 bits per heavy atom. The van der Waals surface area contributed by atoms with Crippen LogP contribution in [-0.2, 0) is 16.1 Å². The molecule has 1 atom stereocenters. The Morgan fingerprint density at radius 1 is 1.50 bits per heavy atom. The van der Waals surface area contributed by atoms with E-state index < -0.39 is 0 Å². The molecule has 5 heteroatoms. The molecule has 122 valence electrons. The van der Waals surface area contributed by atoms with Crippen molar-refractivity contribution < 1.29 is 14.3 Å². The second kappa shape index (κ2) is 8.15. The van der Waals surface area contributed by atoms with Crippen LogP contribution in [0.4, 0.5) is 0 Å². The molecule has 1 N–H and O–H groups in total. The number of nitrogens with zero attached hydrogens (tertiary/aromatic N) is 1. The second-order valence-electron chi connectivity index (χ2n) is 6.06. The second-order valence-corrected chi connectivity index (χ2v) is 6.06. The lowest BCUT2D eigenvalue weighted by Crippen LogP contribution is -2.48. The van der Waals surface area contributed by atoms with Gasteiger partial charge in [0.15, 0.2) is 0 Å². The molecule has 1 heterocycles. The number of carbonyl (C=O) groups excluding carboxylic acids is 1. The molecule has 1 aromatic carbocycles. The van der Waals surface area contributed by atoms with Gasteiger partial charge in [-0.25, -0.2) is 0 Å². The number of benzene rings is 1. The van der Waals surface area contributed by atoms with Crippen molar-refractivity contribution in [1.29, 1.82) is 0 Å². The zero-order valence-corrected chi connectivity index (χ0v) is 13.7. The molecule has 1 unspecified atom stereocenters. The molecule has 1 aliphatic heterocycles. The van der Waals surface area contributed by atoms with Gasteiger partial charge in [-0.05, 0) is 23.6 Å². The molecule has 1 aliphatic rings. The molecule has 22 heavy (non-hydrogen) atoms. The first-order valence-corrected chi connectivity index (χ1v) is 7.85. The summed E-state index contributed by atoms with van der Waals surface area (Å²) in [5.74, 6) is 1.36. The highest BCUT2D eigenvalue weighted by molar-refractivity contribution is 5.80. The Morgan fingerprint density at radius 2 is 2.32 bits per heavy atom. The van der Waals surface area contributed by atoms with Crippen LogP contribution in [0.1, 0.15) is 19.4 Å². The van der Waals surface area contributed by atoms with Crippen LogP contribution in [0.3, 0.4) is 0 Å². The van der Waals surface area contributed by atoms with Crippen molar-refractivity contribution >= 4 is 5.91 Å². The summed E-state index contributed by atoms with van der Waals surface area (Å²) < 4.78 is 11.3. The van der Waals surface area contributed by atoms with Gasteiger partial charge in [0.05, 0.1) is 13.2 Å². The van der Waals surface area contributed by atoms with Crippen LogP contribution in [0.15, 0.2) is 24.3 Å². The van der Waals surface area contributed by atoms with E-state index in [1.807, 2.05) is 12.1 Å². The summed E-state index contributed by atoms with van der Waals surface area (Å²) in [5, 5.41) is 2.64. The standard InChI is InChI=1S/C17H26N2O3/c1-13(2)12-22-15-6-4-5-14(9-15)10-19-7-8-21-16(11-19)17(20)18-3/h4-6,9,13,16H,7-8,10-12H2,1-3H3,(H,18,20). The lowest BCUT2D eigenvalue weighted by Gasteiger charge is -2.31. The third-order valence-electron chi connectivity index (χ3n) is 3.58. The first kappa shape index (κ1) is 16.8. The molecule has 5 nitrogen and oxygen atoms in total. The van der Waals surface area contributed by atoms with Crippen molar-refractivity contribution in [2.75, 3.05) is 33.4 Å². The summed E-state index contributed by atoms with van der Waals surface area (Å²) >= 11 is 0. The number of rotatable bonds is 6. The van der Waals surface area contributed by atoms with Crippen molar-refractivity contribution in [2.24, 2.45) is 5.92 Å². The Bertz CT molecular complexity index is 491. The van der Waals surface area contributed by atoms with Crippen molar-refractivity contribution in [3.8, 4) is 5.75 Å². The molecule has 1 saturated heterocycles. The molecular weight excluding hydrogens is 280 g/mol. The van der Waals surface area contributed by atoms with Crippen molar-refractivity contribution in [2.45, 2.75) is 26.5 Å². The minimum Gasteiger partial charge on any atom is -0.493 e. The number of hydrogen-bond acceptors (Lipinski definition) is 4. The zero-order chi connectivity index (χ0) is 15.9. The first-order valence-electron chi connectivity index (χ1n) is 7.85. The smallest absolute Gasteiger partial charge is 0.250 e. The van der Waals surface area contributed by atoms with Crippen LogP contribution in [0.25, 0.3) is 0 Å². The molecule has 1 fully saturated rings. The fourth-order valence-corrected chi connectivity index (χ4v) is 2.42. The normalized spacial score (nSPS) is 19.2. The molecule has 0 aliphatic carbocycles. The van der Waals surface area contributed by atoms with Crippen LogP contribution < -0.4 is 10.1 Å². The van der Waals surface area contributed by atoms with Crippen LogP contribution in [0.5, 0.6) is 5.75 Å². The summed E-state index contributed by atoms with van der Waals surface area (Å²) in [7, 11) is 1.64. The van der Waals surface area contributed by atoms with E-state index in [1.165, 1.54) is 5.56 Å². The van der Waals surface area contributed by atoms with Gasteiger partial charge < -0.3 is 14.8 Å². The average molecular weight is 306 g/mol. The van der Waals surface area contributed by atoms with E-state index in [0.29, 0.717) is 19.1 Å². The van der Waals surface area contributed by atoms with Gasteiger partial charge >= 0.3 is 0 Å². The Labute approximate surface area is 132 Å². The van der Waals surface area contributed by atoms with Gasteiger partial charge in [0.2, 0.25) is 5.91 Å². The fraction of sp³-hybridized carbons (Fsp3) is 0.588. The number of ether oxygens (including phenoxy) is 2. The van der Waals surface area contributed by atoms with Crippen LogP contribution in [0, 0.1) is 5.92 Å². The van der Waals surface area contributed by atoms with Gasteiger partial charge in [-0.2, -0.15) is 0 Å². The Hall–Kier alpha value is -1.59. The number of carbonyl (C=O) groups is 1. The topological polar surface area (TPSA) is 50.8 Å². The Balaban J connectivity index is 1.92. The van der Waals surface area contributed by atoms with E-state index in [0.717, 1.165) is 25.4 Å². The van der Waals surface area contributed by atoms with Gasteiger partial charge in [0, 0.05) is 26.7 Å². The highest BCUT2D eigenvalue weighted by atomic mass is 16.5. The summed E-state index contributed by atoms with van der Waals surface area (Å²) in [6.45, 7) is 7.84. The number of amides is 1. The van der Waals surface area contributed by atoms with Crippen LogP contribution >= 0.6 is 0 Å². The van der Waals surface area contributed by atoms with E-state index in [9.17, 15) is 4.79 Å². The summed E-state index contributed by atoms with van der Waals surface area (Å²) in [6.07, 6.45) is -0.376. The summed E-state index contributed by atoms with van der Waals surface area (Å²) in [5.41, 5.74) is 1.19. The predicted molar refractivity (Wildman–Crippen MR) is 85.9 cm³/mol. The molecular formula is C17H26N2O3. The molecule has 0 bridgehead atoms. The Kier molecular flexibility index (Phi) is 6.21. The third kappa shape index (κ3) is 5.00. The van der Waals surface area contributed by atoms with E-state index in [2.05, 4.69) is 36.2 Å². The first-order chi connectivity index (χ1) is 10.6. The van der Waals surface area contributed by atoms with Crippen molar-refractivity contribution in [3.63, 3.8) is 0 Å². The fourth-order valence-electron chi connectivity index (χ4n) is 2.42. The maximum atomic E-state index is 11.7. The predicted octanol–water partition coefficient (Wildman–Crippen LogP) is 1.67. The third-order valence-corrected chi connectivity index (χ3v) is 3.58. The number of hydrogen-bond donors (Lipinski definition) is 1. The molecule has 2 rings (SSSR count). The summed E-state index contributed by atoms with van der Waals surface area (Å²) in [6, 6.07) is 8.17. The number of morpholine rings is 1. The van der Waals surface area contributed by atoms with Gasteiger partial charge in [0.25, 0.3) is 0 Å². The highest BCUT2D eigenvalue weighted by Gasteiger charge is 2.25. The maximum absolute atomic E-state index is 11.7. The van der Waals surface area contributed by atoms with E-state index in [1.54, 1.807) is 7.05 Å². The number of nitrogens with one attached hydrogen (secondary N) is 1. The van der Waals surface area contributed by atoms with Crippen molar-refractivity contribution in [1.82, 2.24) is 10.2 Å². The molecule has 1 amide bonds. The van der Waals surface area contributed by atoms with Crippen LogP contribution in [-0.4, -0.2) is 50.3 Å². The van der Waals surface area contributed by atoms with E-state index >= 15 is 0 Å². The molecule has 0 saturated carbocycles. The minimum absolute atomic E-state index is 0.0567. The zero-order valence-electron chi connectivity index (χ0n) is 13.7. The lowest BCUT2D eigenvalue weighted by molar-refractivity contribution is -0.138. The van der Waals surface area contributed by atoms with Gasteiger partial charge in [-0.3, -0.25) is 9.69 Å². The molecule has 1 aromatic rings. The molecule has 0 radical (unpaired) electrons. The minimum atomic E-state index is -0.376. The van der Waals surface area contributed by atoms with E-state index in [4.69, 9.17) is 9.47 Å². The monoisotopic (exact) mass is 306 g/mol. The number of likely N-dealkylation sites (N-methyl/N-ethyl adjacent to an activating group) is 1.